The molecule has 0 saturated heterocycles. The molecule has 0 atom stereocenters. The van der Waals surface area contributed by atoms with Gasteiger partial charge >= 0.3 is 0 Å². The minimum atomic E-state index is 0.323. The molecule has 0 bridgehead atoms. The van der Waals surface area contributed by atoms with Crippen LogP contribution in [0.3, 0.4) is 0 Å². The van der Waals surface area contributed by atoms with Crippen LogP contribution in [-0.2, 0) is 0 Å². The van der Waals surface area contributed by atoms with Crippen LogP contribution in [0.1, 0.15) is 32.6 Å². The van der Waals surface area contributed by atoms with Crippen LogP contribution in [0.2, 0.25) is 0 Å². The fourth-order valence-electron chi connectivity index (χ4n) is 1.34. The van der Waals surface area contributed by atoms with Crippen LogP contribution in [0.4, 0.5) is 0 Å². The highest BCUT2D eigenvalue weighted by atomic mass is 127. The number of aromatic hydroxyl groups is 1. The number of halogens is 2. The predicted octanol–water partition coefficient (Wildman–Crippen LogP) is 4.56. The zero-order chi connectivity index (χ0) is 12.0. The van der Waals surface area contributed by atoms with E-state index in [1.54, 1.807) is 6.07 Å². The summed E-state index contributed by atoms with van der Waals surface area (Å²) in [7, 11) is 0. The summed E-state index contributed by atoms with van der Waals surface area (Å²) >= 11 is 4.29. The average molecular weight is 446 g/mol. The van der Waals surface area contributed by atoms with Gasteiger partial charge < -0.3 is 9.84 Å². The number of rotatable bonds is 6. The molecule has 0 radical (unpaired) electrons. The minimum Gasteiger partial charge on any atom is -0.507 e. The van der Waals surface area contributed by atoms with Crippen molar-refractivity contribution in [2.24, 2.45) is 0 Å². The first-order valence-corrected chi connectivity index (χ1v) is 7.61. The van der Waals surface area contributed by atoms with E-state index in [0.29, 0.717) is 5.75 Å². The Morgan fingerprint density at radius 1 is 1.12 bits per heavy atom. The molecule has 0 aliphatic carbocycles. The van der Waals surface area contributed by atoms with Gasteiger partial charge in [-0.1, -0.05) is 26.2 Å². The van der Waals surface area contributed by atoms with Crippen molar-refractivity contribution in [2.45, 2.75) is 32.6 Å². The maximum Gasteiger partial charge on any atom is 0.133 e. The SMILES string of the molecule is CCCCCCOc1cc(I)c(O)cc1I. The molecule has 1 aromatic carbocycles. The van der Waals surface area contributed by atoms with E-state index in [0.717, 1.165) is 25.9 Å². The van der Waals surface area contributed by atoms with Crippen LogP contribution in [-0.4, -0.2) is 11.7 Å². The highest BCUT2D eigenvalue weighted by Crippen LogP contribution is 2.30. The van der Waals surface area contributed by atoms with Gasteiger partial charge in [0, 0.05) is 0 Å². The van der Waals surface area contributed by atoms with Gasteiger partial charge in [-0.15, -0.1) is 0 Å². The molecule has 0 amide bonds. The monoisotopic (exact) mass is 446 g/mol. The second-order valence-corrected chi connectivity index (χ2v) is 5.97. The molecule has 0 saturated carbocycles. The lowest BCUT2D eigenvalue weighted by Gasteiger charge is -2.09. The molecule has 2 nitrogen and oxygen atoms in total. The molecule has 90 valence electrons. The first-order chi connectivity index (χ1) is 7.65. The normalized spacial score (nSPS) is 10.4. The quantitative estimate of drug-likeness (QED) is 0.513. The van der Waals surface area contributed by atoms with Crippen molar-refractivity contribution in [3.05, 3.63) is 19.3 Å². The Balaban J connectivity index is 2.45. The number of benzene rings is 1. The van der Waals surface area contributed by atoms with Crippen molar-refractivity contribution >= 4 is 45.2 Å². The van der Waals surface area contributed by atoms with E-state index in [9.17, 15) is 5.11 Å². The summed E-state index contributed by atoms with van der Waals surface area (Å²) in [6.07, 6.45) is 4.84. The Hall–Kier alpha value is 0.280. The zero-order valence-corrected chi connectivity index (χ0v) is 13.6. The van der Waals surface area contributed by atoms with E-state index >= 15 is 0 Å². The van der Waals surface area contributed by atoms with Crippen LogP contribution in [0.5, 0.6) is 11.5 Å². The second kappa shape index (κ2) is 7.58. The van der Waals surface area contributed by atoms with Crippen LogP contribution in [0, 0.1) is 7.14 Å². The Morgan fingerprint density at radius 3 is 2.56 bits per heavy atom. The molecule has 1 rings (SSSR count). The molecule has 1 aromatic rings. The highest BCUT2D eigenvalue weighted by Gasteiger charge is 2.06. The summed E-state index contributed by atoms with van der Waals surface area (Å²) < 4.78 is 7.49. The molecule has 0 aliphatic heterocycles. The standard InChI is InChI=1S/C12H16I2O2/c1-2-3-4-5-6-16-12-8-9(13)11(15)7-10(12)14/h7-8,15H,2-6H2,1H3. The van der Waals surface area contributed by atoms with E-state index in [-0.39, 0.29) is 0 Å². The number of hydrogen-bond donors (Lipinski definition) is 1. The maximum absolute atomic E-state index is 9.50. The van der Waals surface area contributed by atoms with Crippen molar-refractivity contribution in [1.82, 2.24) is 0 Å². The summed E-state index contributed by atoms with van der Waals surface area (Å²) in [6.45, 7) is 2.96. The van der Waals surface area contributed by atoms with Crippen molar-refractivity contribution in [3.63, 3.8) is 0 Å². The molecule has 4 heteroatoms. The fourth-order valence-corrected chi connectivity index (χ4v) is 2.38. The van der Waals surface area contributed by atoms with Gasteiger partial charge in [-0.25, -0.2) is 0 Å². The van der Waals surface area contributed by atoms with Gasteiger partial charge in [-0.2, -0.15) is 0 Å². The van der Waals surface area contributed by atoms with Gasteiger partial charge in [-0.05, 0) is 63.7 Å². The zero-order valence-electron chi connectivity index (χ0n) is 9.30. The number of phenols is 1. The molecule has 0 aromatic heterocycles. The summed E-state index contributed by atoms with van der Waals surface area (Å²) in [5.41, 5.74) is 0. The van der Waals surface area contributed by atoms with E-state index < -0.39 is 0 Å². The lowest BCUT2D eigenvalue weighted by atomic mass is 10.2. The van der Waals surface area contributed by atoms with Crippen molar-refractivity contribution in [1.29, 1.82) is 0 Å². The van der Waals surface area contributed by atoms with Crippen molar-refractivity contribution in [2.75, 3.05) is 6.61 Å². The minimum absolute atomic E-state index is 0.323. The molecule has 0 aliphatic rings. The summed E-state index contributed by atoms with van der Waals surface area (Å²) in [5.74, 6) is 1.20. The van der Waals surface area contributed by atoms with Gasteiger partial charge in [0.05, 0.1) is 13.7 Å². The van der Waals surface area contributed by atoms with E-state index in [1.165, 1.54) is 19.3 Å². The molecular weight excluding hydrogens is 430 g/mol. The van der Waals surface area contributed by atoms with Crippen LogP contribution in [0.15, 0.2) is 12.1 Å². The van der Waals surface area contributed by atoms with E-state index in [4.69, 9.17) is 4.74 Å². The number of phenolic OH excluding ortho intramolecular Hbond substituents is 1. The van der Waals surface area contributed by atoms with Gasteiger partial charge in [-0.3, -0.25) is 0 Å². The first kappa shape index (κ1) is 14.3. The largest absolute Gasteiger partial charge is 0.507 e. The van der Waals surface area contributed by atoms with Crippen LogP contribution >= 0.6 is 45.2 Å². The lowest BCUT2D eigenvalue weighted by molar-refractivity contribution is 0.302. The van der Waals surface area contributed by atoms with Gasteiger partial charge in [0.25, 0.3) is 0 Å². The van der Waals surface area contributed by atoms with E-state index in [1.807, 2.05) is 6.07 Å². The van der Waals surface area contributed by atoms with Crippen LogP contribution in [0.25, 0.3) is 0 Å². The van der Waals surface area contributed by atoms with Crippen LogP contribution < -0.4 is 4.74 Å². The number of ether oxygens (including phenoxy) is 1. The van der Waals surface area contributed by atoms with Crippen molar-refractivity contribution < 1.29 is 9.84 Å². The third-order valence-corrected chi connectivity index (χ3v) is 3.96. The second-order valence-electron chi connectivity index (χ2n) is 3.64. The smallest absolute Gasteiger partial charge is 0.133 e. The Labute approximate surface area is 124 Å². The Morgan fingerprint density at radius 2 is 1.88 bits per heavy atom. The predicted molar refractivity (Wildman–Crippen MR) is 83.2 cm³/mol. The third kappa shape index (κ3) is 4.65. The molecular formula is C12H16I2O2. The topological polar surface area (TPSA) is 29.5 Å². The lowest BCUT2D eigenvalue weighted by Crippen LogP contribution is -1.99. The number of unbranched alkanes of at least 4 members (excludes halogenated alkanes) is 3. The van der Waals surface area contributed by atoms with Gasteiger partial charge in [0.15, 0.2) is 0 Å². The summed E-state index contributed by atoms with van der Waals surface area (Å²) in [6, 6.07) is 3.63. The molecule has 0 fully saturated rings. The molecule has 16 heavy (non-hydrogen) atoms. The van der Waals surface area contributed by atoms with Gasteiger partial charge in [0.2, 0.25) is 0 Å². The highest BCUT2D eigenvalue weighted by molar-refractivity contribution is 14.1. The average Bonchev–Trinajstić information content (AvgIpc) is 2.25. The molecule has 0 unspecified atom stereocenters. The molecule has 0 heterocycles. The maximum atomic E-state index is 9.50. The van der Waals surface area contributed by atoms with Gasteiger partial charge in [0.1, 0.15) is 11.5 Å². The summed E-state index contributed by atoms with van der Waals surface area (Å²) in [4.78, 5) is 0. The Kier molecular flexibility index (Phi) is 6.79. The summed E-state index contributed by atoms with van der Waals surface area (Å²) in [5, 5.41) is 9.50. The Bertz CT molecular complexity index is 340. The third-order valence-electron chi connectivity index (χ3n) is 2.26. The first-order valence-electron chi connectivity index (χ1n) is 5.46. The molecule has 1 N–H and O–H groups in total. The van der Waals surface area contributed by atoms with E-state index in [2.05, 4.69) is 52.1 Å². The molecule has 0 spiro atoms. The number of hydrogen-bond acceptors (Lipinski definition) is 2. The van der Waals surface area contributed by atoms with Crippen molar-refractivity contribution in [3.8, 4) is 11.5 Å². The fraction of sp³-hybridized carbons (Fsp3) is 0.500.